The number of hydrogen-bond acceptors (Lipinski definition) is 3. The minimum atomic E-state index is -0.646. The van der Waals surface area contributed by atoms with E-state index in [0.29, 0.717) is 28.6 Å². The summed E-state index contributed by atoms with van der Waals surface area (Å²) >= 11 is 3.29. The minimum absolute atomic E-state index is 0.208. The number of carbonyl (C=O) groups excluding carboxylic acids is 2. The third-order valence-electron chi connectivity index (χ3n) is 2.14. The topological polar surface area (TPSA) is 55.4 Å². The van der Waals surface area contributed by atoms with Gasteiger partial charge in [-0.15, -0.1) is 0 Å². The van der Waals surface area contributed by atoms with Crippen LogP contribution in [0, 0.1) is 0 Å². The molecule has 0 heterocycles. The molecule has 1 amide bonds. The Morgan fingerprint density at radius 2 is 2.29 bits per heavy atom. The summed E-state index contributed by atoms with van der Waals surface area (Å²) in [5, 5.41) is 2.65. The fourth-order valence-electron chi connectivity index (χ4n) is 1.29. The Balaban J connectivity index is 2.87. The summed E-state index contributed by atoms with van der Waals surface area (Å²) in [6.07, 6.45) is 0.0530. The van der Waals surface area contributed by atoms with E-state index in [1.54, 1.807) is 25.1 Å². The van der Waals surface area contributed by atoms with Crippen molar-refractivity contribution in [3.63, 3.8) is 0 Å². The molecule has 0 aromatic heterocycles. The van der Waals surface area contributed by atoms with Crippen LogP contribution >= 0.6 is 15.9 Å². The van der Waals surface area contributed by atoms with E-state index in [0.717, 1.165) is 0 Å². The maximum absolute atomic E-state index is 11.5. The van der Waals surface area contributed by atoms with Crippen LogP contribution in [0.25, 0.3) is 0 Å². The molecule has 1 aromatic carbocycles. The Bertz CT molecular complexity index is 420. The number of amides is 1. The first-order chi connectivity index (χ1) is 8.10. The zero-order valence-corrected chi connectivity index (χ0v) is 11.3. The van der Waals surface area contributed by atoms with E-state index in [9.17, 15) is 9.59 Å². The van der Waals surface area contributed by atoms with Crippen LogP contribution in [-0.2, 0) is 4.79 Å². The molecule has 1 N–H and O–H groups in total. The number of carbonyl (C=O) groups is 2. The molecule has 1 aromatic rings. The SMILES string of the molecule is CCNC(=O)C(C)Oc1c(Br)cccc1C=O. The van der Waals surface area contributed by atoms with E-state index in [1.807, 2.05) is 6.92 Å². The summed E-state index contributed by atoms with van der Waals surface area (Å²) in [7, 11) is 0. The lowest BCUT2D eigenvalue weighted by Crippen LogP contribution is -2.36. The van der Waals surface area contributed by atoms with Gasteiger partial charge < -0.3 is 10.1 Å². The van der Waals surface area contributed by atoms with Gasteiger partial charge in [0, 0.05) is 6.54 Å². The van der Waals surface area contributed by atoms with Gasteiger partial charge >= 0.3 is 0 Å². The first kappa shape index (κ1) is 13.7. The van der Waals surface area contributed by atoms with Gasteiger partial charge in [-0.2, -0.15) is 0 Å². The molecule has 0 saturated carbocycles. The highest BCUT2D eigenvalue weighted by molar-refractivity contribution is 9.10. The van der Waals surface area contributed by atoms with Gasteiger partial charge in [0.05, 0.1) is 10.0 Å². The van der Waals surface area contributed by atoms with E-state index >= 15 is 0 Å². The number of nitrogens with one attached hydrogen (secondary N) is 1. The summed E-state index contributed by atoms with van der Waals surface area (Å²) in [5.41, 5.74) is 0.413. The first-order valence-electron chi connectivity index (χ1n) is 5.28. The highest BCUT2D eigenvalue weighted by Gasteiger charge is 2.17. The highest BCUT2D eigenvalue weighted by atomic mass is 79.9. The fraction of sp³-hybridized carbons (Fsp3) is 0.333. The van der Waals surface area contributed by atoms with Crippen LogP contribution in [-0.4, -0.2) is 24.8 Å². The first-order valence-corrected chi connectivity index (χ1v) is 6.07. The maximum Gasteiger partial charge on any atom is 0.260 e. The van der Waals surface area contributed by atoms with Gasteiger partial charge in [0.25, 0.3) is 5.91 Å². The zero-order chi connectivity index (χ0) is 12.8. The van der Waals surface area contributed by atoms with Gasteiger partial charge in [-0.3, -0.25) is 9.59 Å². The number of likely N-dealkylation sites (N-methyl/N-ethyl adjacent to an activating group) is 1. The smallest absolute Gasteiger partial charge is 0.260 e. The van der Waals surface area contributed by atoms with Crippen molar-refractivity contribution < 1.29 is 14.3 Å². The number of rotatable bonds is 5. The molecule has 0 spiro atoms. The predicted molar refractivity (Wildman–Crippen MR) is 68.3 cm³/mol. The van der Waals surface area contributed by atoms with Crippen LogP contribution in [0.1, 0.15) is 24.2 Å². The quantitative estimate of drug-likeness (QED) is 0.848. The van der Waals surface area contributed by atoms with Crippen LogP contribution in [0.3, 0.4) is 0 Å². The predicted octanol–water partition coefficient (Wildman–Crippen LogP) is 2.17. The van der Waals surface area contributed by atoms with Gasteiger partial charge in [-0.05, 0) is 41.9 Å². The van der Waals surface area contributed by atoms with Crippen molar-refractivity contribution >= 4 is 28.1 Å². The number of aldehydes is 1. The fourth-order valence-corrected chi connectivity index (χ4v) is 1.77. The summed E-state index contributed by atoms with van der Waals surface area (Å²) in [6.45, 7) is 4.02. The molecule has 4 nitrogen and oxygen atoms in total. The van der Waals surface area contributed by atoms with Gasteiger partial charge in [-0.1, -0.05) is 6.07 Å². The van der Waals surface area contributed by atoms with E-state index in [1.165, 1.54) is 0 Å². The third-order valence-corrected chi connectivity index (χ3v) is 2.76. The molecule has 0 saturated heterocycles. The van der Waals surface area contributed by atoms with Gasteiger partial charge in [0.15, 0.2) is 12.4 Å². The Hall–Kier alpha value is -1.36. The average Bonchev–Trinajstić information content (AvgIpc) is 2.31. The molecule has 0 aliphatic rings. The second-order valence-electron chi connectivity index (χ2n) is 3.43. The normalized spacial score (nSPS) is 11.7. The van der Waals surface area contributed by atoms with Crippen molar-refractivity contribution in [1.82, 2.24) is 5.32 Å². The number of benzene rings is 1. The summed E-state index contributed by atoms with van der Waals surface area (Å²) < 4.78 is 6.14. The molecule has 0 bridgehead atoms. The number of hydrogen-bond donors (Lipinski definition) is 1. The zero-order valence-electron chi connectivity index (χ0n) is 9.70. The highest BCUT2D eigenvalue weighted by Crippen LogP contribution is 2.28. The van der Waals surface area contributed by atoms with Crippen molar-refractivity contribution in [2.24, 2.45) is 0 Å². The number of halogens is 1. The third kappa shape index (κ3) is 3.56. The van der Waals surface area contributed by atoms with Crippen LogP contribution in [0.4, 0.5) is 0 Å². The van der Waals surface area contributed by atoms with Crippen molar-refractivity contribution in [3.8, 4) is 5.75 Å². The molecule has 1 unspecified atom stereocenters. The Morgan fingerprint density at radius 3 is 2.88 bits per heavy atom. The van der Waals surface area contributed by atoms with Crippen molar-refractivity contribution in [3.05, 3.63) is 28.2 Å². The summed E-state index contributed by atoms with van der Waals surface area (Å²) in [4.78, 5) is 22.4. The minimum Gasteiger partial charge on any atom is -0.479 e. The molecule has 1 atom stereocenters. The van der Waals surface area contributed by atoms with Gasteiger partial charge in [-0.25, -0.2) is 0 Å². The second-order valence-corrected chi connectivity index (χ2v) is 4.29. The average molecular weight is 300 g/mol. The molecule has 92 valence electrons. The molecule has 5 heteroatoms. The Kier molecular flexibility index (Phi) is 5.15. The van der Waals surface area contributed by atoms with Crippen LogP contribution in [0.15, 0.2) is 22.7 Å². The Morgan fingerprint density at radius 1 is 1.59 bits per heavy atom. The van der Waals surface area contributed by atoms with Crippen LogP contribution < -0.4 is 10.1 Å². The molecular formula is C12H14BrNO3. The van der Waals surface area contributed by atoms with E-state index in [2.05, 4.69) is 21.2 Å². The van der Waals surface area contributed by atoms with E-state index < -0.39 is 6.10 Å². The molecule has 0 radical (unpaired) electrons. The molecule has 0 aliphatic heterocycles. The molecule has 0 aliphatic carbocycles. The monoisotopic (exact) mass is 299 g/mol. The standard InChI is InChI=1S/C12H14BrNO3/c1-3-14-12(16)8(2)17-11-9(7-15)5-4-6-10(11)13/h4-8H,3H2,1-2H3,(H,14,16). The molecule has 1 rings (SSSR count). The van der Waals surface area contributed by atoms with E-state index in [4.69, 9.17) is 4.74 Å². The molecule has 17 heavy (non-hydrogen) atoms. The molecular weight excluding hydrogens is 286 g/mol. The van der Waals surface area contributed by atoms with Crippen molar-refractivity contribution in [1.29, 1.82) is 0 Å². The summed E-state index contributed by atoms with van der Waals surface area (Å²) in [5.74, 6) is 0.182. The van der Waals surface area contributed by atoms with Crippen LogP contribution in [0.5, 0.6) is 5.75 Å². The molecule has 0 fully saturated rings. The van der Waals surface area contributed by atoms with Gasteiger partial charge in [0.2, 0.25) is 0 Å². The second kappa shape index (κ2) is 6.39. The maximum atomic E-state index is 11.5. The lowest BCUT2D eigenvalue weighted by atomic mass is 10.2. The van der Waals surface area contributed by atoms with Gasteiger partial charge in [0.1, 0.15) is 5.75 Å². The number of para-hydroxylation sites is 1. The number of ether oxygens (including phenoxy) is 1. The summed E-state index contributed by atoms with van der Waals surface area (Å²) in [6, 6.07) is 5.13. The van der Waals surface area contributed by atoms with Crippen molar-refractivity contribution in [2.75, 3.05) is 6.54 Å². The Labute approximate surface area is 108 Å². The van der Waals surface area contributed by atoms with E-state index in [-0.39, 0.29) is 5.91 Å². The lowest BCUT2D eigenvalue weighted by Gasteiger charge is -2.16. The van der Waals surface area contributed by atoms with Crippen molar-refractivity contribution in [2.45, 2.75) is 20.0 Å². The van der Waals surface area contributed by atoms with Crippen LogP contribution in [0.2, 0.25) is 0 Å². The largest absolute Gasteiger partial charge is 0.479 e. The lowest BCUT2D eigenvalue weighted by molar-refractivity contribution is -0.127.